The summed E-state index contributed by atoms with van der Waals surface area (Å²) < 4.78 is 26.0. The highest BCUT2D eigenvalue weighted by molar-refractivity contribution is 7.89. The van der Waals surface area contributed by atoms with Crippen molar-refractivity contribution in [2.24, 2.45) is 5.73 Å². The Hall–Kier alpha value is -1.41. The number of sulfonamides is 1. The molecular formula is C10H19N5O2S. The Morgan fingerprint density at radius 1 is 1.56 bits per heavy atom. The van der Waals surface area contributed by atoms with Gasteiger partial charge in [-0.1, -0.05) is 0 Å². The van der Waals surface area contributed by atoms with Crippen molar-refractivity contribution < 1.29 is 8.42 Å². The number of H-pyrrole nitrogens is 1. The lowest BCUT2D eigenvalue weighted by Gasteiger charge is -2.23. The summed E-state index contributed by atoms with van der Waals surface area (Å²) in [6.07, 6.45) is 0.200. The first-order valence-corrected chi connectivity index (χ1v) is 6.94. The predicted octanol–water partition coefficient (Wildman–Crippen LogP) is 0.362. The van der Waals surface area contributed by atoms with Crippen molar-refractivity contribution in [1.82, 2.24) is 14.5 Å². The third kappa shape index (κ3) is 2.70. The van der Waals surface area contributed by atoms with E-state index in [1.165, 1.54) is 11.4 Å². The third-order valence-corrected chi connectivity index (χ3v) is 5.07. The number of hydrogen-bond acceptors (Lipinski definition) is 4. The van der Waals surface area contributed by atoms with Gasteiger partial charge in [0.2, 0.25) is 10.0 Å². The molecule has 0 saturated carbocycles. The van der Waals surface area contributed by atoms with Crippen molar-refractivity contribution in [1.29, 1.82) is 5.41 Å². The number of nitrogens with two attached hydrogens (primary N) is 1. The van der Waals surface area contributed by atoms with E-state index in [1.54, 1.807) is 20.8 Å². The first-order valence-electron chi connectivity index (χ1n) is 5.50. The van der Waals surface area contributed by atoms with Crippen LogP contribution in [0.5, 0.6) is 0 Å². The van der Waals surface area contributed by atoms with Gasteiger partial charge >= 0.3 is 0 Å². The van der Waals surface area contributed by atoms with Gasteiger partial charge in [-0.05, 0) is 20.8 Å². The number of hydrogen-bond donors (Lipinski definition) is 3. The maximum atomic E-state index is 12.4. The smallest absolute Gasteiger partial charge is 0.246 e. The summed E-state index contributed by atoms with van der Waals surface area (Å²) in [7, 11) is -2.13. The van der Waals surface area contributed by atoms with Gasteiger partial charge in [-0.2, -0.15) is 9.40 Å². The average Bonchev–Trinajstić information content (AvgIpc) is 2.56. The van der Waals surface area contributed by atoms with Crippen molar-refractivity contribution in [3.05, 3.63) is 11.4 Å². The zero-order valence-electron chi connectivity index (χ0n) is 11.0. The second-order valence-corrected chi connectivity index (χ2v) is 6.30. The fraction of sp³-hybridized carbons (Fsp3) is 0.600. The van der Waals surface area contributed by atoms with E-state index in [9.17, 15) is 8.42 Å². The highest BCUT2D eigenvalue weighted by Gasteiger charge is 2.30. The van der Waals surface area contributed by atoms with Gasteiger partial charge in [-0.25, -0.2) is 8.42 Å². The Kier molecular flexibility index (Phi) is 4.12. The molecule has 0 aliphatic heterocycles. The lowest BCUT2D eigenvalue weighted by Crippen LogP contribution is -2.37. The van der Waals surface area contributed by atoms with Crippen LogP contribution in [0, 0.1) is 19.3 Å². The quantitative estimate of drug-likeness (QED) is 0.530. The molecule has 0 fully saturated rings. The number of nitrogens with one attached hydrogen (secondary N) is 2. The van der Waals surface area contributed by atoms with Crippen molar-refractivity contribution >= 4 is 15.9 Å². The van der Waals surface area contributed by atoms with Crippen LogP contribution in [0.2, 0.25) is 0 Å². The first-order chi connectivity index (χ1) is 8.17. The Bertz CT molecular complexity index is 529. The van der Waals surface area contributed by atoms with Crippen LogP contribution in [0.3, 0.4) is 0 Å². The SMILES string of the molecule is Cc1n[nH]c(C)c1S(=O)(=O)N(C)C(C)CC(=N)N. The van der Waals surface area contributed by atoms with Gasteiger partial charge in [0.1, 0.15) is 4.90 Å². The molecule has 0 aromatic carbocycles. The van der Waals surface area contributed by atoms with Gasteiger partial charge in [-0.15, -0.1) is 0 Å². The van der Waals surface area contributed by atoms with E-state index in [2.05, 4.69) is 10.2 Å². The molecule has 1 unspecified atom stereocenters. The van der Waals surface area contributed by atoms with Crippen LogP contribution in [0.1, 0.15) is 24.7 Å². The van der Waals surface area contributed by atoms with Crippen molar-refractivity contribution in [3.8, 4) is 0 Å². The van der Waals surface area contributed by atoms with Crippen molar-refractivity contribution in [2.75, 3.05) is 7.05 Å². The second kappa shape index (κ2) is 5.07. The van der Waals surface area contributed by atoms with Crippen molar-refractivity contribution in [3.63, 3.8) is 0 Å². The van der Waals surface area contributed by atoms with E-state index in [-0.39, 0.29) is 23.2 Å². The fourth-order valence-corrected chi connectivity index (χ4v) is 3.44. The normalized spacial score (nSPS) is 13.8. The molecule has 1 heterocycles. The van der Waals surface area contributed by atoms with Gasteiger partial charge < -0.3 is 5.73 Å². The molecule has 1 rings (SSSR count). The zero-order chi connectivity index (χ0) is 14.1. The molecule has 8 heteroatoms. The summed E-state index contributed by atoms with van der Waals surface area (Å²) in [6.45, 7) is 5.01. The summed E-state index contributed by atoms with van der Waals surface area (Å²) in [6, 6.07) is -0.374. The van der Waals surface area contributed by atoms with Crippen LogP contribution < -0.4 is 5.73 Å². The standard InChI is InChI=1S/C10H19N5O2S/c1-6(5-9(11)12)15(4)18(16,17)10-7(2)13-14-8(10)3/h6H,5H2,1-4H3,(H3,11,12)(H,13,14). The van der Waals surface area contributed by atoms with Crippen molar-refractivity contribution in [2.45, 2.75) is 38.1 Å². The average molecular weight is 273 g/mol. The molecular weight excluding hydrogens is 254 g/mol. The molecule has 0 amide bonds. The molecule has 1 atom stereocenters. The van der Waals surface area contributed by atoms with Gasteiger partial charge in [0.05, 0.1) is 17.2 Å². The molecule has 102 valence electrons. The summed E-state index contributed by atoms with van der Waals surface area (Å²) in [5, 5.41) is 13.8. The molecule has 0 aliphatic carbocycles. The van der Waals surface area contributed by atoms with E-state index in [4.69, 9.17) is 11.1 Å². The summed E-state index contributed by atoms with van der Waals surface area (Å²) in [5.41, 5.74) is 6.24. The number of nitrogens with zero attached hydrogens (tertiary/aromatic N) is 2. The minimum atomic E-state index is -3.61. The predicted molar refractivity (Wildman–Crippen MR) is 69.0 cm³/mol. The largest absolute Gasteiger partial charge is 0.388 e. The molecule has 0 radical (unpaired) electrons. The molecule has 0 bridgehead atoms. The molecule has 0 saturated heterocycles. The number of aryl methyl sites for hydroxylation is 2. The maximum absolute atomic E-state index is 12.4. The highest BCUT2D eigenvalue weighted by Crippen LogP contribution is 2.22. The minimum Gasteiger partial charge on any atom is -0.388 e. The Morgan fingerprint density at radius 2 is 2.11 bits per heavy atom. The molecule has 0 spiro atoms. The van der Waals surface area contributed by atoms with Crippen LogP contribution >= 0.6 is 0 Å². The monoisotopic (exact) mass is 273 g/mol. The van der Waals surface area contributed by atoms with Crippen LogP contribution in [0.4, 0.5) is 0 Å². The molecule has 0 aliphatic rings. The van der Waals surface area contributed by atoms with Gasteiger partial charge in [0, 0.05) is 19.5 Å². The molecule has 18 heavy (non-hydrogen) atoms. The van der Waals surface area contributed by atoms with E-state index >= 15 is 0 Å². The lowest BCUT2D eigenvalue weighted by atomic mass is 10.2. The highest BCUT2D eigenvalue weighted by atomic mass is 32.2. The van der Waals surface area contributed by atoms with Crippen LogP contribution in [-0.2, 0) is 10.0 Å². The van der Waals surface area contributed by atoms with Crippen LogP contribution in [-0.4, -0.2) is 41.8 Å². The topological polar surface area (TPSA) is 116 Å². The fourth-order valence-electron chi connectivity index (χ4n) is 1.75. The number of aromatic nitrogens is 2. The van der Waals surface area contributed by atoms with Crippen LogP contribution in [0.25, 0.3) is 0 Å². The molecule has 1 aromatic rings. The number of rotatable bonds is 5. The number of amidine groups is 1. The zero-order valence-corrected chi connectivity index (χ0v) is 11.8. The maximum Gasteiger partial charge on any atom is 0.246 e. The second-order valence-electron chi connectivity index (χ2n) is 4.36. The van der Waals surface area contributed by atoms with E-state index < -0.39 is 10.0 Å². The Labute approximate surface area is 107 Å². The van der Waals surface area contributed by atoms with Crippen LogP contribution in [0.15, 0.2) is 4.90 Å². The van der Waals surface area contributed by atoms with E-state index in [1.807, 2.05) is 0 Å². The first kappa shape index (κ1) is 14.7. The minimum absolute atomic E-state index is 0.0369. The Balaban J connectivity index is 3.11. The van der Waals surface area contributed by atoms with E-state index in [0.29, 0.717) is 11.4 Å². The molecule has 4 N–H and O–H groups in total. The molecule has 1 aromatic heterocycles. The van der Waals surface area contributed by atoms with Gasteiger partial charge in [0.25, 0.3) is 0 Å². The lowest BCUT2D eigenvalue weighted by molar-refractivity contribution is 0.395. The summed E-state index contributed by atoms with van der Waals surface area (Å²) in [5.74, 6) is -0.0369. The number of aromatic amines is 1. The summed E-state index contributed by atoms with van der Waals surface area (Å²) in [4.78, 5) is 0.195. The third-order valence-electron chi connectivity index (χ3n) is 2.83. The van der Waals surface area contributed by atoms with E-state index in [0.717, 1.165) is 0 Å². The summed E-state index contributed by atoms with van der Waals surface area (Å²) >= 11 is 0. The molecule has 7 nitrogen and oxygen atoms in total. The van der Waals surface area contributed by atoms with Gasteiger partial charge in [-0.3, -0.25) is 10.5 Å². The Morgan fingerprint density at radius 3 is 2.50 bits per heavy atom. The van der Waals surface area contributed by atoms with Gasteiger partial charge in [0.15, 0.2) is 0 Å².